The largest absolute Gasteiger partial charge is 0.493 e. The highest BCUT2D eigenvalue weighted by molar-refractivity contribution is 6.02. The summed E-state index contributed by atoms with van der Waals surface area (Å²) >= 11 is 0. The highest BCUT2D eigenvalue weighted by Gasteiger charge is 2.14. The minimum atomic E-state index is -0.698. The number of hydrogen-bond acceptors (Lipinski definition) is 7. The average Bonchev–Trinajstić information content (AvgIpc) is 2.75. The number of nitrogens with one attached hydrogen (secondary N) is 1. The molecule has 0 aromatic heterocycles. The summed E-state index contributed by atoms with van der Waals surface area (Å²) in [4.78, 5) is 35.6. The molecule has 152 valence electrons. The lowest BCUT2D eigenvalue weighted by Gasteiger charge is -2.09. The van der Waals surface area contributed by atoms with Crippen LogP contribution in [0.3, 0.4) is 0 Å². The van der Waals surface area contributed by atoms with Gasteiger partial charge in [-0.2, -0.15) is 0 Å². The van der Waals surface area contributed by atoms with E-state index in [1.807, 2.05) is 0 Å². The maximum Gasteiger partial charge on any atom is 0.339 e. The number of rotatable bonds is 8. The normalized spacial score (nSPS) is 10.3. The molecule has 0 radical (unpaired) electrons. The van der Waals surface area contributed by atoms with Crippen molar-refractivity contribution in [3.05, 3.63) is 59.7 Å². The Hall–Kier alpha value is -3.81. The fourth-order valence-electron chi connectivity index (χ4n) is 2.37. The van der Waals surface area contributed by atoms with E-state index >= 15 is 0 Å². The quantitative estimate of drug-likeness (QED) is 0.538. The molecular formula is C21H21NO7. The molecule has 1 N–H and O–H groups in total. The predicted molar refractivity (Wildman–Crippen MR) is 106 cm³/mol. The Bertz CT molecular complexity index is 921. The molecule has 8 nitrogen and oxygen atoms in total. The van der Waals surface area contributed by atoms with Gasteiger partial charge in [0.05, 0.1) is 32.6 Å². The number of methoxy groups -OCH3 is 3. The third-order valence-electron chi connectivity index (χ3n) is 3.77. The average molecular weight is 399 g/mol. The standard InChI is InChI=1S/C21H21NO7/c1-26-17-10-8-14(12-18(17)27-2)9-11-20(24)29-13-19(23)22-16-7-5-4-6-15(16)21(25)28-3/h4-12H,13H2,1-3H3,(H,22,23)/b11-9+. The first-order valence-electron chi connectivity index (χ1n) is 8.52. The second-order valence-electron chi connectivity index (χ2n) is 5.64. The van der Waals surface area contributed by atoms with Crippen LogP contribution in [0.2, 0.25) is 0 Å². The summed E-state index contributed by atoms with van der Waals surface area (Å²) in [6.45, 7) is -0.509. The van der Waals surface area contributed by atoms with Gasteiger partial charge in [0.15, 0.2) is 18.1 Å². The van der Waals surface area contributed by atoms with E-state index in [2.05, 4.69) is 10.1 Å². The SMILES string of the molecule is COC(=O)c1ccccc1NC(=O)COC(=O)/C=C/c1ccc(OC)c(OC)c1. The van der Waals surface area contributed by atoms with Gasteiger partial charge >= 0.3 is 11.9 Å². The van der Waals surface area contributed by atoms with Crippen LogP contribution in [0, 0.1) is 0 Å². The summed E-state index contributed by atoms with van der Waals surface area (Å²) in [5.41, 5.74) is 1.15. The summed E-state index contributed by atoms with van der Waals surface area (Å²) in [6.07, 6.45) is 2.71. The first-order valence-corrected chi connectivity index (χ1v) is 8.52. The lowest BCUT2D eigenvalue weighted by atomic mass is 10.2. The molecule has 0 spiro atoms. The molecule has 0 aliphatic heterocycles. The van der Waals surface area contributed by atoms with Crippen molar-refractivity contribution in [2.45, 2.75) is 0 Å². The number of esters is 2. The molecule has 29 heavy (non-hydrogen) atoms. The van der Waals surface area contributed by atoms with Gasteiger partial charge in [-0.25, -0.2) is 9.59 Å². The fraction of sp³-hybridized carbons (Fsp3) is 0.190. The number of amides is 1. The molecule has 0 atom stereocenters. The smallest absolute Gasteiger partial charge is 0.339 e. The van der Waals surface area contributed by atoms with Crippen molar-refractivity contribution >= 4 is 29.6 Å². The van der Waals surface area contributed by atoms with Gasteiger partial charge in [0, 0.05) is 6.08 Å². The van der Waals surface area contributed by atoms with Crippen LogP contribution in [-0.2, 0) is 19.1 Å². The number of benzene rings is 2. The maximum absolute atomic E-state index is 12.0. The summed E-state index contributed by atoms with van der Waals surface area (Å²) in [6, 6.07) is 11.5. The zero-order valence-corrected chi connectivity index (χ0v) is 16.3. The molecule has 0 saturated heterocycles. The molecule has 0 aliphatic carbocycles. The molecule has 0 saturated carbocycles. The van der Waals surface area contributed by atoms with Crippen molar-refractivity contribution in [2.75, 3.05) is 33.3 Å². The zero-order valence-electron chi connectivity index (χ0n) is 16.3. The van der Waals surface area contributed by atoms with E-state index in [4.69, 9.17) is 14.2 Å². The van der Waals surface area contributed by atoms with Crippen molar-refractivity contribution in [1.82, 2.24) is 0 Å². The van der Waals surface area contributed by atoms with Gasteiger partial charge in [-0.1, -0.05) is 18.2 Å². The van der Waals surface area contributed by atoms with Crippen LogP contribution in [0.1, 0.15) is 15.9 Å². The predicted octanol–water partition coefficient (Wildman–Crippen LogP) is 2.69. The Morgan fingerprint density at radius 1 is 0.966 bits per heavy atom. The van der Waals surface area contributed by atoms with E-state index in [9.17, 15) is 14.4 Å². The molecule has 0 aliphatic rings. The number of ether oxygens (including phenoxy) is 4. The Labute approximate surface area is 168 Å². The summed E-state index contributed by atoms with van der Waals surface area (Å²) in [5, 5.41) is 2.51. The number of hydrogen-bond donors (Lipinski definition) is 1. The van der Waals surface area contributed by atoms with Crippen molar-refractivity contribution in [2.24, 2.45) is 0 Å². The first kappa shape index (κ1) is 21.5. The molecule has 8 heteroatoms. The second-order valence-corrected chi connectivity index (χ2v) is 5.64. The number of anilines is 1. The molecule has 2 aromatic rings. The third-order valence-corrected chi connectivity index (χ3v) is 3.77. The van der Waals surface area contributed by atoms with Crippen molar-refractivity contribution < 1.29 is 33.3 Å². The van der Waals surface area contributed by atoms with Crippen molar-refractivity contribution in [3.8, 4) is 11.5 Å². The Morgan fingerprint density at radius 2 is 1.69 bits per heavy atom. The molecule has 0 fully saturated rings. The van der Waals surface area contributed by atoms with Gasteiger partial charge in [-0.15, -0.1) is 0 Å². The van der Waals surface area contributed by atoms with Gasteiger partial charge in [0.1, 0.15) is 0 Å². The lowest BCUT2D eigenvalue weighted by Crippen LogP contribution is -2.21. The minimum Gasteiger partial charge on any atom is -0.493 e. The molecular weight excluding hydrogens is 378 g/mol. The Kier molecular flexibility index (Phi) is 7.78. The van der Waals surface area contributed by atoms with Crippen LogP contribution < -0.4 is 14.8 Å². The van der Waals surface area contributed by atoms with E-state index in [1.54, 1.807) is 36.4 Å². The van der Waals surface area contributed by atoms with Crippen LogP contribution in [0.5, 0.6) is 11.5 Å². The van der Waals surface area contributed by atoms with E-state index < -0.39 is 24.5 Å². The van der Waals surface area contributed by atoms with Gasteiger partial charge in [-0.05, 0) is 35.9 Å². The molecule has 0 unspecified atom stereocenters. The Balaban J connectivity index is 1.92. The van der Waals surface area contributed by atoms with Gasteiger partial charge in [0.2, 0.25) is 0 Å². The zero-order chi connectivity index (χ0) is 21.2. The van der Waals surface area contributed by atoms with Crippen LogP contribution in [0.15, 0.2) is 48.5 Å². The van der Waals surface area contributed by atoms with Crippen molar-refractivity contribution in [1.29, 1.82) is 0 Å². The van der Waals surface area contributed by atoms with Crippen LogP contribution >= 0.6 is 0 Å². The van der Waals surface area contributed by atoms with Crippen molar-refractivity contribution in [3.63, 3.8) is 0 Å². The Morgan fingerprint density at radius 3 is 2.38 bits per heavy atom. The topological polar surface area (TPSA) is 100 Å². The summed E-state index contributed by atoms with van der Waals surface area (Å²) in [7, 11) is 4.28. The second kappa shape index (κ2) is 10.5. The summed E-state index contributed by atoms with van der Waals surface area (Å²) in [5.74, 6) is -0.788. The van der Waals surface area contributed by atoms with E-state index in [0.29, 0.717) is 17.1 Å². The first-order chi connectivity index (χ1) is 14.0. The number of para-hydroxylation sites is 1. The molecule has 1 amide bonds. The van der Waals surface area contributed by atoms with Crippen LogP contribution in [-0.4, -0.2) is 45.8 Å². The van der Waals surface area contributed by atoms with Crippen LogP contribution in [0.4, 0.5) is 5.69 Å². The molecule has 2 aromatic carbocycles. The highest BCUT2D eigenvalue weighted by atomic mass is 16.5. The van der Waals surface area contributed by atoms with E-state index in [0.717, 1.165) is 0 Å². The fourth-order valence-corrected chi connectivity index (χ4v) is 2.37. The van der Waals surface area contributed by atoms with Gasteiger partial charge < -0.3 is 24.3 Å². The molecule has 0 bridgehead atoms. The summed E-state index contributed by atoms with van der Waals surface area (Å²) < 4.78 is 19.9. The lowest BCUT2D eigenvalue weighted by molar-refractivity contribution is -0.142. The highest BCUT2D eigenvalue weighted by Crippen LogP contribution is 2.27. The number of carbonyl (C=O) groups is 3. The van der Waals surface area contributed by atoms with Gasteiger partial charge in [0.25, 0.3) is 5.91 Å². The number of carbonyl (C=O) groups excluding carboxylic acids is 3. The minimum absolute atomic E-state index is 0.197. The molecule has 2 rings (SSSR count). The van der Waals surface area contributed by atoms with Gasteiger partial charge in [-0.3, -0.25) is 4.79 Å². The van der Waals surface area contributed by atoms with E-state index in [-0.39, 0.29) is 11.3 Å². The van der Waals surface area contributed by atoms with E-state index in [1.165, 1.54) is 39.5 Å². The monoisotopic (exact) mass is 399 g/mol. The third kappa shape index (κ3) is 6.10. The van der Waals surface area contributed by atoms with Crippen LogP contribution in [0.25, 0.3) is 6.08 Å². The maximum atomic E-state index is 12.0. The molecule has 0 heterocycles.